The van der Waals surface area contributed by atoms with Crippen LogP contribution in [0.15, 0.2) is 17.5 Å². The average Bonchev–Trinajstić information content (AvgIpc) is 2.96. The van der Waals surface area contributed by atoms with E-state index in [-0.39, 0.29) is 11.3 Å². The molecule has 0 radical (unpaired) electrons. The van der Waals surface area contributed by atoms with Crippen LogP contribution in [0.25, 0.3) is 0 Å². The molecule has 2 rings (SSSR count). The summed E-state index contributed by atoms with van der Waals surface area (Å²) in [6, 6.07) is 4.54. The zero-order valence-electron chi connectivity index (χ0n) is 12.2. The summed E-state index contributed by atoms with van der Waals surface area (Å²) >= 11 is 7.80. The van der Waals surface area contributed by atoms with E-state index in [1.54, 1.807) is 11.3 Å². The maximum Gasteiger partial charge on any atom is 0.228 e. The van der Waals surface area contributed by atoms with Gasteiger partial charge in [0.1, 0.15) is 0 Å². The maximum absolute atomic E-state index is 6.01. The van der Waals surface area contributed by atoms with Crippen molar-refractivity contribution < 1.29 is 0 Å². The lowest BCUT2D eigenvalue weighted by Gasteiger charge is -2.17. The van der Waals surface area contributed by atoms with Crippen molar-refractivity contribution in [2.75, 3.05) is 11.1 Å². The van der Waals surface area contributed by atoms with Crippen LogP contribution in [0.2, 0.25) is 0 Å². The number of aromatic nitrogens is 3. The van der Waals surface area contributed by atoms with Gasteiger partial charge < -0.3 is 11.1 Å². The molecule has 114 valence electrons. The molecule has 0 spiro atoms. The first-order chi connectivity index (χ1) is 10.1. The van der Waals surface area contributed by atoms with Crippen LogP contribution >= 0.6 is 22.9 Å². The summed E-state index contributed by atoms with van der Waals surface area (Å²) < 4.78 is 0. The standard InChI is InChI=1S/C14H20ClN5S/c1-3-10(6-7-11-5-4-8-21-11)17-14-19-12(9(2)15)18-13(16)20-14/h4-5,8-10H,3,6-7H2,1-2H3,(H3,16,17,18,19,20)/t9-,10?/m0/s1. The van der Waals surface area contributed by atoms with Gasteiger partial charge in [-0.2, -0.15) is 15.0 Å². The van der Waals surface area contributed by atoms with Crippen LogP contribution in [0, 0.1) is 0 Å². The zero-order chi connectivity index (χ0) is 15.2. The average molecular weight is 326 g/mol. The number of halogens is 1. The summed E-state index contributed by atoms with van der Waals surface area (Å²) in [6.07, 6.45) is 3.06. The molecule has 5 nitrogen and oxygen atoms in total. The number of thiophene rings is 1. The Morgan fingerprint density at radius 1 is 1.38 bits per heavy atom. The zero-order valence-corrected chi connectivity index (χ0v) is 13.8. The third kappa shape index (κ3) is 4.82. The number of nitrogens with two attached hydrogens (primary N) is 1. The lowest BCUT2D eigenvalue weighted by molar-refractivity contribution is 0.629. The summed E-state index contributed by atoms with van der Waals surface area (Å²) in [5.41, 5.74) is 5.71. The Balaban J connectivity index is 2.00. The van der Waals surface area contributed by atoms with Crippen LogP contribution < -0.4 is 11.1 Å². The van der Waals surface area contributed by atoms with Gasteiger partial charge in [-0.05, 0) is 37.6 Å². The number of rotatable bonds is 7. The number of anilines is 2. The third-order valence-electron chi connectivity index (χ3n) is 3.17. The number of nitrogens with one attached hydrogen (secondary N) is 1. The van der Waals surface area contributed by atoms with Crippen LogP contribution in [0.1, 0.15) is 42.8 Å². The normalized spacial score (nSPS) is 13.9. The van der Waals surface area contributed by atoms with E-state index in [2.05, 4.69) is 44.7 Å². The van der Waals surface area contributed by atoms with Gasteiger partial charge in [0.15, 0.2) is 5.82 Å². The molecule has 0 saturated carbocycles. The van der Waals surface area contributed by atoms with E-state index in [1.165, 1.54) is 4.88 Å². The second-order valence-electron chi connectivity index (χ2n) is 4.86. The van der Waals surface area contributed by atoms with Gasteiger partial charge in [0.05, 0.1) is 5.38 Å². The van der Waals surface area contributed by atoms with Crippen molar-refractivity contribution in [1.82, 2.24) is 15.0 Å². The highest BCUT2D eigenvalue weighted by molar-refractivity contribution is 7.09. The molecule has 0 aliphatic heterocycles. The van der Waals surface area contributed by atoms with Gasteiger partial charge in [0.2, 0.25) is 11.9 Å². The molecule has 2 aromatic heterocycles. The largest absolute Gasteiger partial charge is 0.368 e. The van der Waals surface area contributed by atoms with Gasteiger partial charge in [-0.25, -0.2) is 0 Å². The molecule has 1 unspecified atom stereocenters. The lowest BCUT2D eigenvalue weighted by atomic mass is 10.1. The number of aryl methyl sites for hydroxylation is 1. The second kappa shape index (κ2) is 7.56. The highest BCUT2D eigenvalue weighted by atomic mass is 35.5. The van der Waals surface area contributed by atoms with Crippen molar-refractivity contribution in [3.8, 4) is 0 Å². The summed E-state index contributed by atoms with van der Waals surface area (Å²) in [5, 5.41) is 5.14. The first-order valence-electron chi connectivity index (χ1n) is 7.03. The van der Waals surface area contributed by atoms with E-state index in [4.69, 9.17) is 17.3 Å². The number of nitrogens with zero attached hydrogens (tertiary/aromatic N) is 3. The minimum absolute atomic E-state index is 0.197. The van der Waals surface area contributed by atoms with Crippen molar-refractivity contribution in [3.63, 3.8) is 0 Å². The Hall–Kier alpha value is -1.40. The summed E-state index contributed by atoms with van der Waals surface area (Å²) in [4.78, 5) is 13.9. The Bertz CT molecular complexity index is 558. The fourth-order valence-electron chi connectivity index (χ4n) is 1.98. The van der Waals surface area contributed by atoms with Crippen molar-refractivity contribution in [2.45, 2.75) is 44.5 Å². The number of hydrogen-bond acceptors (Lipinski definition) is 6. The van der Waals surface area contributed by atoms with Gasteiger partial charge in [-0.1, -0.05) is 13.0 Å². The molecule has 0 saturated heterocycles. The Morgan fingerprint density at radius 3 is 2.81 bits per heavy atom. The highest BCUT2D eigenvalue weighted by Gasteiger charge is 2.13. The van der Waals surface area contributed by atoms with Crippen LogP contribution in [-0.2, 0) is 6.42 Å². The monoisotopic (exact) mass is 325 g/mol. The predicted octanol–water partition coefficient (Wildman–Crippen LogP) is 3.64. The van der Waals surface area contributed by atoms with E-state index < -0.39 is 0 Å². The molecular formula is C14H20ClN5S. The van der Waals surface area contributed by atoms with Gasteiger partial charge in [0.25, 0.3) is 0 Å². The van der Waals surface area contributed by atoms with Crippen LogP contribution in [-0.4, -0.2) is 21.0 Å². The first-order valence-corrected chi connectivity index (χ1v) is 8.34. The van der Waals surface area contributed by atoms with E-state index >= 15 is 0 Å². The van der Waals surface area contributed by atoms with Crippen LogP contribution in [0.4, 0.5) is 11.9 Å². The molecule has 2 heterocycles. The Labute approximate surface area is 134 Å². The van der Waals surface area contributed by atoms with E-state index in [0.717, 1.165) is 19.3 Å². The molecule has 21 heavy (non-hydrogen) atoms. The third-order valence-corrected chi connectivity index (χ3v) is 4.30. The van der Waals surface area contributed by atoms with Gasteiger partial charge in [-0.15, -0.1) is 22.9 Å². The topological polar surface area (TPSA) is 76.7 Å². The van der Waals surface area contributed by atoms with E-state index in [9.17, 15) is 0 Å². The molecule has 2 aromatic rings. The van der Waals surface area contributed by atoms with Gasteiger partial charge in [0, 0.05) is 10.9 Å². The highest BCUT2D eigenvalue weighted by Crippen LogP contribution is 2.19. The number of nitrogen functional groups attached to an aromatic ring is 1. The molecular weight excluding hydrogens is 306 g/mol. The molecule has 7 heteroatoms. The second-order valence-corrected chi connectivity index (χ2v) is 6.55. The van der Waals surface area contributed by atoms with Gasteiger partial charge in [-0.3, -0.25) is 0 Å². The quantitative estimate of drug-likeness (QED) is 0.760. The van der Waals surface area contributed by atoms with Gasteiger partial charge >= 0.3 is 0 Å². The fraction of sp³-hybridized carbons (Fsp3) is 0.500. The van der Waals surface area contributed by atoms with Crippen LogP contribution in [0.5, 0.6) is 0 Å². The van der Waals surface area contributed by atoms with Crippen molar-refractivity contribution in [2.24, 2.45) is 0 Å². The number of alkyl halides is 1. The maximum atomic E-state index is 6.01. The van der Waals surface area contributed by atoms with Crippen LogP contribution in [0.3, 0.4) is 0 Å². The molecule has 0 amide bonds. The molecule has 0 aliphatic rings. The summed E-state index contributed by atoms with van der Waals surface area (Å²) in [5.74, 6) is 1.20. The first kappa shape index (κ1) is 16.0. The van der Waals surface area contributed by atoms with Crippen molar-refractivity contribution in [1.29, 1.82) is 0 Å². The molecule has 0 fully saturated rings. The SMILES string of the molecule is CCC(CCc1cccs1)Nc1nc(N)nc([C@H](C)Cl)n1. The Morgan fingerprint density at radius 2 is 2.19 bits per heavy atom. The molecule has 0 aromatic carbocycles. The lowest BCUT2D eigenvalue weighted by Crippen LogP contribution is -2.22. The molecule has 3 N–H and O–H groups in total. The minimum atomic E-state index is -0.290. The molecule has 0 aliphatic carbocycles. The summed E-state index contributed by atoms with van der Waals surface area (Å²) in [7, 11) is 0. The minimum Gasteiger partial charge on any atom is -0.368 e. The predicted molar refractivity (Wildman–Crippen MR) is 88.8 cm³/mol. The van der Waals surface area contributed by atoms with E-state index in [0.29, 0.717) is 17.8 Å². The van der Waals surface area contributed by atoms with Crippen molar-refractivity contribution in [3.05, 3.63) is 28.2 Å². The summed E-state index contributed by atoms with van der Waals surface area (Å²) in [6.45, 7) is 3.95. The smallest absolute Gasteiger partial charge is 0.228 e. The number of hydrogen-bond donors (Lipinski definition) is 2. The molecule has 2 atom stereocenters. The van der Waals surface area contributed by atoms with E-state index in [1.807, 2.05) is 6.92 Å². The Kier molecular flexibility index (Phi) is 5.76. The van der Waals surface area contributed by atoms with Crippen molar-refractivity contribution >= 4 is 34.8 Å². The fourth-order valence-corrected chi connectivity index (χ4v) is 2.81. The molecule has 0 bridgehead atoms.